The van der Waals surface area contributed by atoms with E-state index in [0.29, 0.717) is 0 Å². The molecule has 2 aliphatic heterocycles. The smallest absolute Gasteiger partial charge is 0.395 e. The van der Waals surface area contributed by atoms with E-state index < -0.39 is 63.7 Å². The highest BCUT2D eigenvalue weighted by Gasteiger charge is 2.50. The third-order valence-corrected chi connectivity index (χ3v) is 10.5. The molecule has 27 heavy (non-hydrogen) atoms. The van der Waals surface area contributed by atoms with Crippen molar-refractivity contribution in [3.63, 3.8) is 0 Å². The second-order valence-corrected chi connectivity index (χ2v) is 11.9. The van der Waals surface area contributed by atoms with E-state index in [-0.39, 0.29) is 35.7 Å². The van der Waals surface area contributed by atoms with E-state index in [2.05, 4.69) is 0 Å². The maximum Gasteiger partial charge on any atom is 0.401 e. The molecule has 2 fully saturated rings. The van der Waals surface area contributed by atoms with Gasteiger partial charge in [0.25, 0.3) is 0 Å². The number of rotatable bonds is 6. The minimum Gasteiger partial charge on any atom is -0.395 e. The molecule has 0 aliphatic carbocycles. The van der Waals surface area contributed by atoms with Crippen LogP contribution in [0.4, 0.5) is 0 Å². The molecule has 0 bridgehead atoms. The highest BCUT2D eigenvalue weighted by Crippen LogP contribution is 2.60. The number of aliphatic hydroxyl groups excluding tert-OH is 6. The van der Waals surface area contributed by atoms with Gasteiger partial charge in [0.15, 0.2) is 0 Å². The van der Waals surface area contributed by atoms with Crippen LogP contribution in [0.2, 0.25) is 0 Å². The third-order valence-electron chi connectivity index (χ3n) is 5.06. The van der Waals surface area contributed by atoms with E-state index in [1.54, 1.807) is 0 Å². The van der Waals surface area contributed by atoms with Gasteiger partial charge in [-0.05, 0) is 6.42 Å². The summed E-state index contributed by atoms with van der Waals surface area (Å²) in [5.41, 5.74) is 0. The molecule has 1 unspecified atom stereocenters. The quantitative estimate of drug-likeness (QED) is 0.244. The van der Waals surface area contributed by atoms with Gasteiger partial charge < -0.3 is 35.4 Å². The predicted molar refractivity (Wildman–Crippen MR) is 94.5 cm³/mol. The molecular formula is C14H28O11S2. The average molecular weight is 437 g/mol. The molecule has 2 aliphatic rings. The van der Waals surface area contributed by atoms with Crippen LogP contribution >= 0.6 is 10.0 Å². The van der Waals surface area contributed by atoms with Crippen molar-refractivity contribution in [3.05, 3.63) is 0 Å². The second kappa shape index (κ2) is 9.17. The van der Waals surface area contributed by atoms with E-state index in [1.807, 2.05) is 0 Å². The van der Waals surface area contributed by atoms with E-state index in [1.165, 1.54) is 7.11 Å². The minimum absolute atomic E-state index is 0.144. The van der Waals surface area contributed by atoms with Crippen molar-refractivity contribution in [1.29, 1.82) is 0 Å². The van der Waals surface area contributed by atoms with Gasteiger partial charge in [0, 0.05) is 23.9 Å². The van der Waals surface area contributed by atoms with Crippen LogP contribution in [0.1, 0.15) is 6.42 Å². The summed E-state index contributed by atoms with van der Waals surface area (Å²) < 4.78 is 39.5. The normalized spacial score (nSPS) is 42.6. The van der Waals surface area contributed by atoms with Crippen molar-refractivity contribution in [2.45, 2.75) is 48.3 Å². The Morgan fingerprint density at radius 1 is 1.19 bits per heavy atom. The lowest BCUT2D eigenvalue weighted by Gasteiger charge is -2.46. The molecule has 0 aromatic carbocycles. The van der Waals surface area contributed by atoms with Crippen LogP contribution < -0.4 is 0 Å². The number of methoxy groups -OCH3 is 1. The topological polar surface area (TPSA) is 183 Å². The summed E-state index contributed by atoms with van der Waals surface area (Å²) in [5.74, 6) is 0.116. The largest absolute Gasteiger partial charge is 0.401 e. The van der Waals surface area contributed by atoms with Crippen molar-refractivity contribution in [2.24, 2.45) is 0 Å². The summed E-state index contributed by atoms with van der Waals surface area (Å²) in [6, 6.07) is 0. The molecule has 2 rings (SSSR count). The Kier molecular flexibility index (Phi) is 7.89. The number of aliphatic hydroxyl groups is 6. The zero-order chi connectivity index (χ0) is 20.4. The van der Waals surface area contributed by atoms with Crippen molar-refractivity contribution in [3.8, 4) is 0 Å². The zero-order valence-electron chi connectivity index (χ0n) is 14.8. The molecule has 0 amide bonds. The fraction of sp³-hybridized carbons (Fsp3) is 1.00. The van der Waals surface area contributed by atoms with Crippen molar-refractivity contribution < 1.29 is 52.2 Å². The molecule has 0 aromatic rings. The molecule has 162 valence electrons. The van der Waals surface area contributed by atoms with E-state index in [4.69, 9.17) is 18.2 Å². The third kappa shape index (κ3) is 5.11. The SMILES string of the molecule is CO[C@@H]1CS2(COS(=O)(=O)O[C@H]1[C@H](O)[C@H](O)[C@@H](O)CO)C[C@@H](O)C[C@H]2CO. The Morgan fingerprint density at radius 3 is 2.41 bits per heavy atom. The first-order valence-electron chi connectivity index (χ1n) is 8.38. The summed E-state index contributed by atoms with van der Waals surface area (Å²) in [6.07, 6.45) is -8.65. The standard InChI is InChI=1S/C14H28O11S2/c1-23-11-6-26(5-8(17)2-9(26)3-15)7-24-27(21,22)25-14(11)13(20)12(19)10(18)4-16/h8-20H,2-7H2,1H3/t8-,9-,10-,11+,12+,13+,14+/m0/s1. The van der Waals surface area contributed by atoms with Gasteiger partial charge in [0.2, 0.25) is 0 Å². The summed E-state index contributed by atoms with van der Waals surface area (Å²) >= 11 is 0. The first kappa shape index (κ1) is 23.2. The lowest BCUT2D eigenvalue weighted by atomic mass is 10.00. The summed E-state index contributed by atoms with van der Waals surface area (Å²) in [5, 5.41) is 58.2. The molecule has 6 N–H and O–H groups in total. The predicted octanol–water partition coefficient (Wildman–Crippen LogP) is -3.38. The molecule has 13 heteroatoms. The van der Waals surface area contributed by atoms with Crippen LogP contribution in [-0.4, -0.2) is 119 Å². The van der Waals surface area contributed by atoms with Crippen molar-refractivity contribution in [1.82, 2.24) is 0 Å². The lowest BCUT2D eigenvalue weighted by molar-refractivity contribution is -0.135. The number of ether oxygens (including phenoxy) is 1. The lowest BCUT2D eigenvalue weighted by Crippen LogP contribution is -2.55. The molecule has 2 saturated heterocycles. The summed E-state index contributed by atoms with van der Waals surface area (Å²) in [7, 11) is -5.35. The second-order valence-electron chi connectivity index (χ2n) is 6.85. The molecule has 1 spiro atoms. The van der Waals surface area contributed by atoms with Gasteiger partial charge in [0.05, 0.1) is 31.4 Å². The molecule has 8 atom stereocenters. The Balaban J connectivity index is 2.37. The van der Waals surface area contributed by atoms with Gasteiger partial charge in [-0.15, -0.1) is 0 Å². The number of hydrogen-bond donors (Lipinski definition) is 6. The first-order chi connectivity index (χ1) is 12.6. The van der Waals surface area contributed by atoms with E-state index in [0.717, 1.165) is 0 Å². The van der Waals surface area contributed by atoms with E-state index in [9.17, 15) is 34.0 Å². The molecule has 0 radical (unpaired) electrons. The highest BCUT2D eigenvalue weighted by molar-refractivity contribution is 8.34. The van der Waals surface area contributed by atoms with Gasteiger partial charge in [-0.1, -0.05) is 0 Å². The summed E-state index contributed by atoms with van der Waals surface area (Å²) in [4.78, 5) is 0. The molecule has 0 saturated carbocycles. The van der Waals surface area contributed by atoms with Gasteiger partial charge in [-0.3, -0.25) is 0 Å². The molecule has 11 nitrogen and oxygen atoms in total. The molecule has 2 heterocycles. The van der Waals surface area contributed by atoms with Gasteiger partial charge in [-0.25, -0.2) is 18.4 Å². The van der Waals surface area contributed by atoms with Crippen LogP contribution in [0, 0.1) is 0 Å². The minimum atomic E-state index is -4.60. The van der Waals surface area contributed by atoms with Crippen molar-refractivity contribution in [2.75, 3.05) is 37.8 Å². The highest BCUT2D eigenvalue weighted by atomic mass is 32.3. The van der Waals surface area contributed by atoms with Gasteiger partial charge in [-0.2, -0.15) is 8.42 Å². The van der Waals surface area contributed by atoms with E-state index >= 15 is 0 Å². The van der Waals surface area contributed by atoms with Crippen LogP contribution in [0.25, 0.3) is 0 Å². The van der Waals surface area contributed by atoms with Gasteiger partial charge >= 0.3 is 10.4 Å². The Labute approximate surface area is 159 Å². The van der Waals surface area contributed by atoms with Crippen molar-refractivity contribution >= 4 is 20.4 Å². The average Bonchev–Trinajstić information content (AvgIpc) is 2.96. The Hall–Kier alpha value is -0.0600. The Morgan fingerprint density at radius 2 is 1.85 bits per heavy atom. The van der Waals surface area contributed by atoms with Crippen LogP contribution in [0.5, 0.6) is 0 Å². The maximum absolute atomic E-state index is 12.2. The molecular weight excluding hydrogens is 408 g/mol. The van der Waals surface area contributed by atoms with Gasteiger partial charge in [0.1, 0.15) is 24.4 Å². The first-order valence-corrected chi connectivity index (χ1v) is 11.9. The van der Waals surface area contributed by atoms with Crippen LogP contribution in [0.15, 0.2) is 0 Å². The molecule has 0 aromatic heterocycles. The fourth-order valence-electron chi connectivity index (χ4n) is 3.54. The zero-order valence-corrected chi connectivity index (χ0v) is 16.5. The van der Waals surface area contributed by atoms with Crippen LogP contribution in [-0.2, 0) is 23.5 Å². The summed E-state index contributed by atoms with van der Waals surface area (Å²) in [6.45, 7) is -1.13. The number of hydrogen-bond acceptors (Lipinski definition) is 11. The fourth-order valence-corrected chi connectivity index (χ4v) is 9.23. The van der Waals surface area contributed by atoms with Crippen LogP contribution in [0.3, 0.4) is 0 Å². The monoisotopic (exact) mass is 436 g/mol. The maximum atomic E-state index is 12.2. The Bertz CT molecular complexity index is 588.